The number of aliphatic carboxylic acids is 1. The summed E-state index contributed by atoms with van der Waals surface area (Å²) < 4.78 is 5.38. The Balaban J connectivity index is 1.61. The third-order valence-electron chi connectivity index (χ3n) is 5.04. The molecule has 0 aromatic carbocycles. The van der Waals surface area contributed by atoms with E-state index < -0.39 is 11.4 Å². The molecule has 0 radical (unpaired) electrons. The van der Waals surface area contributed by atoms with Crippen molar-refractivity contribution in [3.05, 3.63) is 0 Å². The van der Waals surface area contributed by atoms with Gasteiger partial charge >= 0.3 is 5.97 Å². The lowest BCUT2D eigenvalue weighted by Gasteiger charge is -2.38. The van der Waals surface area contributed by atoms with Crippen molar-refractivity contribution >= 4 is 11.9 Å². The number of carbonyl (C=O) groups is 2. The quantitative estimate of drug-likeness (QED) is 0.804. The second-order valence-electron chi connectivity index (χ2n) is 6.62. The van der Waals surface area contributed by atoms with Gasteiger partial charge in [-0.05, 0) is 32.1 Å². The molecule has 3 fully saturated rings. The maximum atomic E-state index is 12.5. The van der Waals surface area contributed by atoms with Crippen LogP contribution in [0, 0.1) is 11.3 Å². The maximum absolute atomic E-state index is 12.5. The summed E-state index contributed by atoms with van der Waals surface area (Å²) in [5, 5.41) is 9.36. The number of nitrogens with zero attached hydrogens (tertiary/aromatic N) is 1. The first-order valence-electron chi connectivity index (χ1n) is 7.71. The molecular weight excluding hydrogens is 258 g/mol. The molecule has 0 aromatic rings. The van der Waals surface area contributed by atoms with Crippen LogP contribution in [0.2, 0.25) is 0 Å². The third kappa shape index (κ3) is 2.68. The highest BCUT2D eigenvalue weighted by molar-refractivity contribution is 5.86. The first kappa shape index (κ1) is 13.9. The second-order valence-corrected chi connectivity index (χ2v) is 6.62. The Bertz CT molecular complexity index is 395. The largest absolute Gasteiger partial charge is 0.481 e. The molecule has 1 N–H and O–H groups in total. The van der Waals surface area contributed by atoms with E-state index >= 15 is 0 Å². The molecule has 1 atom stereocenters. The van der Waals surface area contributed by atoms with Gasteiger partial charge in [-0.2, -0.15) is 0 Å². The van der Waals surface area contributed by atoms with Crippen LogP contribution in [0.5, 0.6) is 0 Å². The number of hydrogen-bond acceptors (Lipinski definition) is 3. The Labute approximate surface area is 119 Å². The van der Waals surface area contributed by atoms with Gasteiger partial charge in [-0.25, -0.2) is 0 Å². The van der Waals surface area contributed by atoms with Gasteiger partial charge in [0.1, 0.15) is 0 Å². The van der Waals surface area contributed by atoms with Crippen LogP contribution in [-0.4, -0.2) is 47.7 Å². The minimum atomic E-state index is -0.794. The fraction of sp³-hybridized carbons (Fsp3) is 0.867. The zero-order valence-corrected chi connectivity index (χ0v) is 11.8. The molecule has 0 aromatic heterocycles. The first-order chi connectivity index (χ1) is 9.61. The molecule has 3 aliphatic rings. The fourth-order valence-corrected chi connectivity index (χ4v) is 3.31. The van der Waals surface area contributed by atoms with Crippen molar-refractivity contribution in [3.63, 3.8) is 0 Å². The van der Waals surface area contributed by atoms with Crippen LogP contribution in [0.25, 0.3) is 0 Å². The molecule has 1 unspecified atom stereocenters. The number of hydrogen-bond donors (Lipinski definition) is 1. The van der Waals surface area contributed by atoms with Gasteiger partial charge in [-0.3, -0.25) is 9.59 Å². The maximum Gasteiger partial charge on any atom is 0.310 e. The van der Waals surface area contributed by atoms with Crippen molar-refractivity contribution in [1.82, 2.24) is 4.90 Å². The van der Waals surface area contributed by atoms with E-state index in [1.165, 1.54) is 0 Å². The Hall–Kier alpha value is -1.10. The van der Waals surface area contributed by atoms with Crippen LogP contribution in [0.1, 0.15) is 44.9 Å². The first-order valence-corrected chi connectivity index (χ1v) is 7.71. The number of carboxylic acids is 1. The summed E-state index contributed by atoms with van der Waals surface area (Å²) in [6, 6.07) is 0.356. The summed E-state index contributed by atoms with van der Waals surface area (Å²) in [6.45, 7) is 2.27. The van der Waals surface area contributed by atoms with Gasteiger partial charge < -0.3 is 14.7 Å². The van der Waals surface area contributed by atoms with Gasteiger partial charge in [-0.15, -0.1) is 0 Å². The smallest absolute Gasteiger partial charge is 0.310 e. The summed E-state index contributed by atoms with van der Waals surface area (Å²) >= 11 is 0. The third-order valence-corrected chi connectivity index (χ3v) is 5.04. The van der Waals surface area contributed by atoms with E-state index in [9.17, 15) is 14.7 Å². The van der Waals surface area contributed by atoms with E-state index in [-0.39, 0.29) is 12.3 Å². The van der Waals surface area contributed by atoms with Crippen molar-refractivity contribution in [2.45, 2.75) is 51.0 Å². The standard InChI is InChI=1S/C15H23NO4/c17-13(8-15(14(18)19)5-1-6-15)16(12-2-3-12)9-11-4-7-20-10-11/h11-12H,1-10H2,(H,18,19). The van der Waals surface area contributed by atoms with E-state index in [0.29, 0.717) is 24.8 Å². The molecule has 5 nitrogen and oxygen atoms in total. The second kappa shape index (κ2) is 5.35. The average molecular weight is 281 g/mol. The summed E-state index contributed by atoms with van der Waals surface area (Å²) in [4.78, 5) is 25.9. The number of ether oxygens (including phenoxy) is 1. The topological polar surface area (TPSA) is 66.8 Å². The van der Waals surface area contributed by atoms with Gasteiger partial charge in [0.25, 0.3) is 0 Å². The van der Waals surface area contributed by atoms with Gasteiger partial charge in [0.15, 0.2) is 0 Å². The van der Waals surface area contributed by atoms with Crippen molar-refractivity contribution < 1.29 is 19.4 Å². The molecule has 20 heavy (non-hydrogen) atoms. The van der Waals surface area contributed by atoms with Gasteiger partial charge in [0.2, 0.25) is 5.91 Å². The molecule has 1 aliphatic heterocycles. The number of amides is 1. The normalized spacial score (nSPS) is 27.9. The number of carboxylic acid groups (broad SMARTS) is 1. The zero-order valence-electron chi connectivity index (χ0n) is 11.8. The van der Waals surface area contributed by atoms with Crippen LogP contribution in [0.15, 0.2) is 0 Å². The average Bonchev–Trinajstić information content (AvgIpc) is 3.07. The van der Waals surface area contributed by atoms with E-state index in [1.807, 2.05) is 4.90 Å². The summed E-state index contributed by atoms with van der Waals surface area (Å²) in [6.07, 6.45) is 5.57. The summed E-state index contributed by atoms with van der Waals surface area (Å²) in [5.41, 5.74) is -0.767. The lowest BCUT2D eigenvalue weighted by Crippen LogP contribution is -2.45. The van der Waals surface area contributed by atoms with Crippen molar-refractivity contribution in [2.75, 3.05) is 19.8 Å². The molecule has 3 rings (SSSR count). The molecule has 1 heterocycles. The minimum absolute atomic E-state index is 0.0431. The van der Waals surface area contributed by atoms with Gasteiger partial charge in [-0.1, -0.05) is 6.42 Å². The van der Waals surface area contributed by atoms with Crippen LogP contribution in [0.4, 0.5) is 0 Å². The lowest BCUT2D eigenvalue weighted by molar-refractivity contribution is -0.159. The number of carbonyl (C=O) groups excluding carboxylic acids is 1. The highest BCUT2D eigenvalue weighted by Gasteiger charge is 2.48. The molecule has 112 valence electrons. The Morgan fingerprint density at radius 3 is 2.45 bits per heavy atom. The van der Waals surface area contributed by atoms with E-state index in [0.717, 1.165) is 45.4 Å². The minimum Gasteiger partial charge on any atom is -0.481 e. The molecule has 1 amide bonds. The van der Waals surface area contributed by atoms with Gasteiger partial charge in [0.05, 0.1) is 12.0 Å². The Morgan fingerprint density at radius 2 is 2.00 bits per heavy atom. The monoisotopic (exact) mass is 281 g/mol. The SMILES string of the molecule is O=C(CC1(C(=O)O)CCC1)N(CC1CCOC1)C1CC1. The van der Waals surface area contributed by atoms with E-state index in [2.05, 4.69) is 0 Å². The highest BCUT2D eigenvalue weighted by atomic mass is 16.5. The molecule has 0 spiro atoms. The van der Waals surface area contributed by atoms with Crippen LogP contribution >= 0.6 is 0 Å². The predicted octanol–water partition coefficient (Wildman–Crippen LogP) is 1.66. The molecule has 2 aliphatic carbocycles. The molecular formula is C15H23NO4. The van der Waals surface area contributed by atoms with Crippen molar-refractivity contribution in [3.8, 4) is 0 Å². The van der Waals surface area contributed by atoms with E-state index in [1.54, 1.807) is 0 Å². The fourth-order valence-electron chi connectivity index (χ4n) is 3.31. The zero-order chi connectivity index (χ0) is 14.2. The van der Waals surface area contributed by atoms with E-state index in [4.69, 9.17) is 4.74 Å². The molecule has 1 saturated heterocycles. The van der Waals surface area contributed by atoms with Crippen molar-refractivity contribution in [1.29, 1.82) is 0 Å². The van der Waals surface area contributed by atoms with Crippen molar-refractivity contribution in [2.24, 2.45) is 11.3 Å². The van der Waals surface area contributed by atoms with Crippen LogP contribution in [-0.2, 0) is 14.3 Å². The molecule has 0 bridgehead atoms. The number of rotatable bonds is 6. The highest BCUT2D eigenvalue weighted by Crippen LogP contribution is 2.45. The Morgan fingerprint density at radius 1 is 1.25 bits per heavy atom. The van der Waals surface area contributed by atoms with Crippen LogP contribution in [0.3, 0.4) is 0 Å². The lowest BCUT2D eigenvalue weighted by atomic mass is 9.66. The predicted molar refractivity (Wildman–Crippen MR) is 72.2 cm³/mol. The molecule has 2 saturated carbocycles. The molecule has 5 heteroatoms. The summed E-state index contributed by atoms with van der Waals surface area (Å²) in [7, 11) is 0. The van der Waals surface area contributed by atoms with Crippen LogP contribution < -0.4 is 0 Å². The van der Waals surface area contributed by atoms with Gasteiger partial charge in [0, 0.05) is 31.5 Å². The Kier molecular flexibility index (Phi) is 3.71. The summed E-state index contributed by atoms with van der Waals surface area (Å²) in [5.74, 6) is -0.319.